The SMILES string of the molecule is CC(C)n1ncc2c1NC(=O)C[C@]21C(=O)N(C)c2ccc(Cl)cc21. The summed E-state index contributed by atoms with van der Waals surface area (Å²) in [6, 6.07) is 5.43. The van der Waals surface area contributed by atoms with Crippen molar-refractivity contribution in [1.82, 2.24) is 9.78 Å². The number of amides is 2. The van der Waals surface area contributed by atoms with Crippen molar-refractivity contribution in [3.05, 3.63) is 40.5 Å². The van der Waals surface area contributed by atoms with Crippen molar-refractivity contribution >= 4 is 34.9 Å². The predicted molar refractivity (Wildman–Crippen MR) is 91.5 cm³/mol. The Morgan fingerprint density at radius 1 is 1.29 bits per heavy atom. The fourth-order valence-electron chi connectivity index (χ4n) is 3.79. The molecule has 24 heavy (non-hydrogen) atoms. The number of hydrogen-bond acceptors (Lipinski definition) is 3. The van der Waals surface area contributed by atoms with Gasteiger partial charge in [-0.1, -0.05) is 11.6 Å². The minimum Gasteiger partial charge on any atom is -0.314 e. The van der Waals surface area contributed by atoms with Gasteiger partial charge in [0, 0.05) is 35.8 Å². The highest BCUT2D eigenvalue weighted by atomic mass is 35.5. The maximum atomic E-state index is 13.2. The molecule has 1 spiro atoms. The first-order valence-corrected chi connectivity index (χ1v) is 8.20. The number of likely N-dealkylation sites (N-methyl/N-ethyl adjacent to an activating group) is 1. The van der Waals surface area contributed by atoms with Crippen LogP contribution in [0.2, 0.25) is 5.02 Å². The highest BCUT2D eigenvalue weighted by Crippen LogP contribution is 2.52. The van der Waals surface area contributed by atoms with Gasteiger partial charge in [0.15, 0.2) is 0 Å². The molecule has 1 aromatic heterocycles. The summed E-state index contributed by atoms with van der Waals surface area (Å²) in [5, 5.41) is 7.83. The molecule has 0 unspecified atom stereocenters. The molecule has 0 aliphatic carbocycles. The van der Waals surface area contributed by atoms with Gasteiger partial charge in [0.1, 0.15) is 11.2 Å². The van der Waals surface area contributed by atoms with Gasteiger partial charge in [-0.2, -0.15) is 5.10 Å². The minimum atomic E-state index is -1.06. The van der Waals surface area contributed by atoms with Crippen molar-refractivity contribution in [3.63, 3.8) is 0 Å². The Bertz CT molecular complexity index is 889. The number of carbonyl (C=O) groups is 2. The molecule has 124 valence electrons. The van der Waals surface area contributed by atoms with Crippen LogP contribution in [0.5, 0.6) is 0 Å². The number of hydrogen-bond donors (Lipinski definition) is 1. The topological polar surface area (TPSA) is 67.2 Å². The molecule has 1 atom stereocenters. The largest absolute Gasteiger partial charge is 0.314 e. The molecule has 2 aliphatic rings. The molecule has 0 bridgehead atoms. The van der Waals surface area contributed by atoms with E-state index >= 15 is 0 Å². The molecular weight excluding hydrogens is 328 g/mol. The first-order chi connectivity index (χ1) is 11.4. The number of halogens is 1. The Labute approximate surface area is 144 Å². The Balaban J connectivity index is 2.05. The van der Waals surface area contributed by atoms with Gasteiger partial charge in [-0.25, -0.2) is 4.68 Å². The van der Waals surface area contributed by atoms with E-state index in [1.54, 1.807) is 35.0 Å². The Morgan fingerprint density at radius 2 is 2.04 bits per heavy atom. The molecule has 2 aromatic rings. The third-order valence-electron chi connectivity index (χ3n) is 4.88. The van der Waals surface area contributed by atoms with Crippen molar-refractivity contribution in [2.75, 3.05) is 17.3 Å². The van der Waals surface area contributed by atoms with Gasteiger partial charge in [0.2, 0.25) is 11.8 Å². The fraction of sp³-hybridized carbons (Fsp3) is 0.353. The van der Waals surface area contributed by atoms with Crippen molar-refractivity contribution in [1.29, 1.82) is 0 Å². The summed E-state index contributed by atoms with van der Waals surface area (Å²) < 4.78 is 1.74. The molecule has 6 nitrogen and oxygen atoms in total. The predicted octanol–water partition coefficient (Wildman–Crippen LogP) is 2.72. The zero-order valence-corrected chi connectivity index (χ0v) is 14.4. The first kappa shape index (κ1) is 15.2. The molecule has 0 saturated heterocycles. The highest BCUT2D eigenvalue weighted by molar-refractivity contribution is 6.31. The molecular formula is C17H17ClN4O2. The molecule has 0 fully saturated rings. The van der Waals surface area contributed by atoms with Gasteiger partial charge in [-0.05, 0) is 37.6 Å². The molecule has 2 amide bonds. The summed E-state index contributed by atoms with van der Waals surface area (Å²) in [6.07, 6.45) is 1.75. The van der Waals surface area contributed by atoms with Crippen LogP contribution in [0.4, 0.5) is 11.5 Å². The number of benzene rings is 1. The van der Waals surface area contributed by atoms with E-state index in [4.69, 9.17) is 11.6 Å². The molecule has 0 radical (unpaired) electrons. The quantitative estimate of drug-likeness (QED) is 0.865. The van der Waals surface area contributed by atoms with Gasteiger partial charge in [0.25, 0.3) is 0 Å². The second-order valence-electron chi connectivity index (χ2n) is 6.60. The maximum Gasteiger partial charge on any atom is 0.242 e. The van der Waals surface area contributed by atoms with E-state index in [9.17, 15) is 9.59 Å². The number of rotatable bonds is 1. The van der Waals surface area contributed by atoms with E-state index in [0.29, 0.717) is 10.8 Å². The number of nitrogens with zero attached hydrogens (tertiary/aromatic N) is 3. The van der Waals surface area contributed by atoms with Crippen LogP contribution in [-0.2, 0) is 15.0 Å². The maximum absolute atomic E-state index is 13.2. The van der Waals surface area contributed by atoms with E-state index in [2.05, 4.69) is 10.4 Å². The summed E-state index contributed by atoms with van der Waals surface area (Å²) in [7, 11) is 1.73. The first-order valence-electron chi connectivity index (χ1n) is 7.82. The lowest BCUT2D eigenvalue weighted by Crippen LogP contribution is -2.45. The average Bonchev–Trinajstić information content (AvgIpc) is 3.03. The molecule has 7 heteroatoms. The zero-order chi connectivity index (χ0) is 17.2. The van der Waals surface area contributed by atoms with E-state index in [-0.39, 0.29) is 24.3 Å². The monoisotopic (exact) mass is 344 g/mol. The molecule has 0 saturated carbocycles. The third kappa shape index (κ3) is 1.74. The molecule has 1 aromatic carbocycles. The summed E-state index contributed by atoms with van der Waals surface area (Å²) in [6.45, 7) is 3.96. The number of aromatic nitrogens is 2. The minimum absolute atomic E-state index is 0.0559. The summed E-state index contributed by atoms with van der Waals surface area (Å²) in [4.78, 5) is 27.3. The van der Waals surface area contributed by atoms with Crippen molar-refractivity contribution < 1.29 is 9.59 Å². The van der Waals surface area contributed by atoms with E-state index in [0.717, 1.165) is 16.8 Å². The van der Waals surface area contributed by atoms with Crippen LogP contribution in [0.1, 0.15) is 37.4 Å². The van der Waals surface area contributed by atoms with Gasteiger partial charge in [-0.15, -0.1) is 0 Å². The summed E-state index contributed by atoms with van der Waals surface area (Å²) >= 11 is 6.19. The van der Waals surface area contributed by atoms with E-state index in [1.165, 1.54) is 0 Å². The van der Waals surface area contributed by atoms with Crippen LogP contribution >= 0.6 is 11.6 Å². The van der Waals surface area contributed by atoms with Crippen molar-refractivity contribution in [3.8, 4) is 0 Å². The lowest BCUT2D eigenvalue weighted by Gasteiger charge is -2.32. The number of carbonyl (C=O) groups excluding carboxylic acids is 2. The van der Waals surface area contributed by atoms with Gasteiger partial charge in [-0.3, -0.25) is 9.59 Å². The summed E-state index contributed by atoms with van der Waals surface area (Å²) in [5.74, 6) is 0.273. The van der Waals surface area contributed by atoms with Crippen LogP contribution in [0.3, 0.4) is 0 Å². The van der Waals surface area contributed by atoms with Crippen LogP contribution < -0.4 is 10.2 Å². The molecule has 3 heterocycles. The lowest BCUT2D eigenvalue weighted by molar-refractivity contribution is -0.126. The van der Waals surface area contributed by atoms with Crippen LogP contribution in [0.15, 0.2) is 24.4 Å². The fourth-order valence-corrected chi connectivity index (χ4v) is 3.96. The van der Waals surface area contributed by atoms with Gasteiger partial charge >= 0.3 is 0 Å². The highest BCUT2D eigenvalue weighted by Gasteiger charge is 2.56. The lowest BCUT2D eigenvalue weighted by atomic mass is 9.72. The Hall–Kier alpha value is -2.34. The Morgan fingerprint density at radius 3 is 2.75 bits per heavy atom. The molecule has 4 rings (SSSR count). The number of fused-ring (bicyclic) bond motifs is 4. The second-order valence-corrected chi connectivity index (χ2v) is 7.04. The third-order valence-corrected chi connectivity index (χ3v) is 5.11. The smallest absolute Gasteiger partial charge is 0.242 e. The number of anilines is 2. The van der Waals surface area contributed by atoms with E-state index in [1.807, 2.05) is 19.9 Å². The molecule has 2 aliphatic heterocycles. The van der Waals surface area contributed by atoms with Crippen molar-refractivity contribution in [2.45, 2.75) is 31.7 Å². The standard InChI is InChI=1S/C17H17ClN4O2/c1-9(2)22-15-12(8-19-22)17(7-14(23)20-15)11-6-10(18)4-5-13(11)21(3)16(17)24/h4-6,8-9H,7H2,1-3H3,(H,20,23)/t17-/m1/s1. The summed E-state index contributed by atoms with van der Waals surface area (Å²) in [5.41, 5.74) is 1.22. The van der Waals surface area contributed by atoms with Gasteiger partial charge < -0.3 is 10.2 Å². The zero-order valence-electron chi connectivity index (χ0n) is 13.6. The Kier molecular flexibility index (Phi) is 3.06. The van der Waals surface area contributed by atoms with Crippen LogP contribution in [0, 0.1) is 0 Å². The number of nitrogens with one attached hydrogen (secondary N) is 1. The molecule has 1 N–H and O–H groups in total. The average molecular weight is 345 g/mol. The second kappa shape index (κ2) is 4.83. The van der Waals surface area contributed by atoms with Crippen molar-refractivity contribution in [2.24, 2.45) is 0 Å². The normalized spacial score (nSPS) is 22.1. The van der Waals surface area contributed by atoms with Crippen LogP contribution in [-0.4, -0.2) is 28.6 Å². The van der Waals surface area contributed by atoms with Crippen LogP contribution in [0.25, 0.3) is 0 Å². The van der Waals surface area contributed by atoms with Gasteiger partial charge in [0.05, 0.1) is 6.20 Å². The van der Waals surface area contributed by atoms with E-state index < -0.39 is 5.41 Å².